The third-order valence-electron chi connectivity index (χ3n) is 12.9. The minimum Gasteiger partial charge on any atom is -0.307 e. The van der Waals surface area contributed by atoms with Crippen molar-refractivity contribution in [2.45, 2.75) is 0 Å². The zero-order chi connectivity index (χ0) is 43.1. The van der Waals surface area contributed by atoms with Crippen LogP contribution >= 0.6 is 0 Å². The maximum atomic E-state index is 9.99. The zero-order valence-electron chi connectivity index (χ0n) is 34.0. The number of hydrogen-bond donors (Lipinski definition) is 0. The second kappa shape index (κ2) is 14.1. The maximum absolute atomic E-state index is 9.99. The molecule has 2 heterocycles. The molecule has 0 saturated carbocycles. The lowest BCUT2D eigenvalue weighted by molar-refractivity contribution is 1.17. The normalized spacial score (nSPS) is 11.4. The Hall–Kier alpha value is -9.46. The second-order valence-electron chi connectivity index (χ2n) is 16.0. The van der Waals surface area contributed by atoms with Crippen LogP contribution in [-0.4, -0.2) is 9.13 Å². The molecule has 12 aromatic rings. The summed E-state index contributed by atoms with van der Waals surface area (Å²) in [7, 11) is 0. The third-order valence-corrected chi connectivity index (χ3v) is 12.9. The van der Waals surface area contributed by atoms with Gasteiger partial charge in [0.1, 0.15) is 24.3 Å². The predicted molar refractivity (Wildman–Crippen MR) is 257 cm³/mol. The molecule has 2 aromatic heterocycles. The Bertz CT molecular complexity index is 4190. The van der Waals surface area contributed by atoms with E-state index in [1.807, 2.05) is 42.5 Å². The van der Waals surface area contributed by atoms with Crippen molar-refractivity contribution in [2.24, 2.45) is 0 Å². The van der Waals surface area contributed by atoms with E-state index in [-0.39, 0.29) is 0 Å². The van der Waals surface area contributed by atoms with E-state index in [0.717, 1.165) is 65.8 Å². The molecule has 0 spiro atoms. The van der Waals surface area contributed by atoms with Gasteiger partial charge >= 0.3 is 0 Å². The Labute approximate surface area is 366 Å². The van der Waals surface area contributed by atoms with Crippen molar-refractivity contribution in [3.8, 4) is 57.9 Å². The largest absolute Gasteiger partial charge is 0.307 e. The molecule has 0 bridgehead atoms. The summed E-state index contributed by atoms with van der Waals surface area (Å²) >= 11 is 0. The number of aromatic nitrogens is 2. The fourth-order valence-corrected chi connectivity index (χ4v) is 10.3. The van der Waals surface area contributed by atoms with Crippen LogP contribution in [0.5, 0.6) is 0 Å². The molecule has 1 aliphatic rings. The molecule has 0 unspecified atom stereocenters. The van der Waals surface area contributed by atoms with E-state index in [1.54, 1.807) is 12.1 Å². The summed E-state index contributed by atoms with van der Waals surface area (Å²) in [4.78, 5) is 0. The number of hydrogen-bond acceptors (Lipinski definition) is 4. The van der Waals surface area contributed by atoms with Gasteiger partial charge in [-0.2, -0.15) is 21.0 Å². The lowest BCUT2D eigenvalue weighted by Gasteiger charge is -2.13. The summed E-state index contributed by atoms with van der Waals surface area (Å²) < 4.78 is 4.31. The average molecular weight is 811 g/mol. The fourth-order valence-electron chi connectivity index (χ4n) is 10.3. The molecular weight excluding hydrogens is 781 g/mol. The van der Waals surface area contributed by atoms with E-state index in [4.69, 9.17) is 0 Å². The molecular formula is C58H30N6. The fraction of sp³-hybridized carbons (Fsp3) is 0. The molecule has 0 fully saturated rings. The van der Waals surface area contributed by atoms with Crippen LogP contribution < -0.4 is 0 Å². The lowest BCUT2D eigenvalue weighted by atomic mass is 9.97. The Balaban J connectivity index is 0.000000136. The molecule has 0 amide bonds. The first-order valence-corrected chi connectivity index (χ1v) is 20.9. The van der Waals surface area contributed by atoms with E-state index >= 15 is 0 Å². The van der Waals surface area contributed by atoms with E-state index in [9.17, 15) is 21.0 Å². The molecule has 6 nitrogen and oxygen atoms in total. The van der Waals surface area contributed by atoms with Crippen molar-refractivity contribution >= 4 is 75.9 Å². The molecule has 292 valence electrons. The van der Waals surface area contributed by atoms with Crippen LogP contribution in [-0.2, 0) is 0 Å². The van der Waals surface area contributed by atoms with Gasteiger partial charge in [0.2, 0.25) is 0 Å². The van der Waals surface area contributed by atoms with Crippen LogP contribution in [0.15, 0.2) is 182 Å². The number of nitrogens with zero attached hydrogens (tertiary/aromatic N) is 6. The van der Waals surface area contributed by atoms with Crippen molar-refractivity contribution in [2.75, 3.05) is 0 Å². The highest BCUT2D eigenvalue weighted by atomic mass is 15.0. The Morgan fingerprint density at radius 1 is 0.297 bits per heavy atom. The van der Waals surface area contributed by atoms with Crippen LogP contribution in [0.3, 0.4) is 0 Å². The number of benzene rings is 10. The summed E-state index contributed by atoms with van der Waals surface area (Å²) in [5, 5.41) is 50.8. The minimum atomic E-state index is 0.385. The van der Waals surface area contributed by atoms with Crippen molar-refractivity contribution in [3.63, 3.8) is 0 Å². The monoisotopic (exact) mass is 810 g/mol. The van der Waals surface area contributed by atoms with Gasteiger partial charge in [-0.05, 0) is 86.3 Å². The van der Waals surface area contributed by atoms with Gasteiger partial charge in [-0.15, -0.1) is 0 Å². The molecule has 0 N–H and O–H groups in total. The van der Waals surface area contributed by atoms with E-state index < -0.39 is 0 Å². The Kier molecular flexibility index (Phi) is 7.99. The standard InChI is InChI=1S/C30H15N3.C28H15N3/c31-16-18-7-5-14-28(26(18)17-32)33-27-13-4-3-10-21(27)25-15-24-20-9-2-1-8-19(20)22-11-6-12-23(29(22)24)30(25)33;29-16-18-8-7-15-26(24(18)17-30)31-25-14-6-5-13-23(25)27-21-11-3-1-9-19(21)20-10-2-4-12-22(20)28(27)31/h1-15H;1-15H. The van der Waals surface area contributed by atoms with Gasteiger partial charge in [-0.3, -0.25) is 0 Å². The number of para-hydroxylation sites is 2. The van der Waals surface area contributed by atoms with Crippen LogP contribution in [0.1, 0.15) is 22.3 Å². The summed E-state index contributed by atoms with van der Waals surface area (Å²) in [6, 6.07) is 70.7. The van der Waals surface area contributed by atoms with Crippen LogP contribution in [0.4, 0.5) is 0 Å². The average Bonchev–Trinajstić information content (AvgIpc) is 4.01. The highest BCUT2D eigenvalue weighted by Crippen LogP contribution is 2.51. The summed E-state index contributed by atoms with van der Waals surface area (Å²) in [5.41, 5.74) is 12.2. The molecule has 0 aliphatic heterocycles. The second-order valence-corrected chi connectivity index (χ2v) is 16.0. The first kappa shape index (κ1) is 36.4. The van der Waals surface area contributed by atoms with Crippen LogP contribution in [0.2, 0.25) is 0 Å². The molecule has 1 aliphatic carbocycles. The van der Waals surface area contributed by atoms with Gasteiger partial charge in [0.15, 0.2) is 0 Å². The topological polar surface area (TPSA) is 105 Å². The van der Waals surface area contributed by atoms with E-state index in [0.29, 0.717) is 22.3 Å². The highest BCUT2D eigenvalue weighted by molar-refractivity contribution is 6.32. The molecule has 13 rings (SSSR count). The highest BCUT2D eigenvalue weighted by Gasteiger charge is 2.26. The first-order valence-electron chi connectivity index (χ1n) is 20.9. The van der Waals surface area contributed by atoms with Gasteiger partial charge in [0.25, 0.3) is 0 Å². The molecule has 0 radical (unpaired) electrons. The van der Waals surface area contributed by atoms with Crippen LogP contribution in [0, 0.1) is 45.3 Å². The predicted octanol–water partition coefficient (Wildman–Crippen LogP) is 14.2. The van der Waals surface area contributed by atoms with Crippen molar-refractivity contribution < 1.29 is 0 Å². The van der Waals surface area contributed by atoms with E-state index in [1.165, 1.54) is 43.8 Å². The quantitative estimate of drug-likeness (QED) is 0.162. The molecule has 64 heavy (non-hydrogen) atoms. The smallest absolute Gasteiger partial charge is 0.103 e. The number of nitriles is 4. The number of rotatable bonds is 2. The third kappa shape index (κ3) is 4.97. The maximum Gasteiger partial charge on any atom is 0.103 e. The zero-order valence-corrected chi connectivity index (χ0v) is 34.0. The summed E-state index contributed by atoms with van der Waals surface area (Å²) in [6.07, 6.45) is 0. The van der Waals surface area contributed by atoms with Gasteiger partial charge in [0.05, 0.1) is 55.7 Å². The van der Waals surface area contributed by atoms with Crippen molar-refractivity contribution in [3.05, 3.63) is 204 Å². The van der Waals surface area contributed by atoms with Gasteiger partial charge in [0, 0.05) is 32.3 Å². The van der Waals surface area contributed by atoms with Crippen molar-refractivity contribution in [1.29, 1.82) is 21.0 Å². The molecule has 0 saturated heterocycles. The summed E-state index contributed by atoms with van der Waals surface area (Å²) in [5.74, 6) is 0. The van der Waals surface area contributed by atoms with E-state index in [2.05, 4.69) is 161 Å². The van der Waals surface area contributed by atoms with Gasteiger partial charge in [-0.1, -0.05) is 140 Å². The minimum absolute atomic E-state index is 0.385. The molecule has 10 aromatic carbocycles. The van der Waals surface area contributed by atoms with Crippen molar-refractivity contribution in [1.82, 2.24) is 9.13 Å². The summed E-state index contributed by atoms with van der Waals surface area (Å²) in [6.45, 7) is 0. The molecule has 6 heteroatoms. The number of fused-ring (bicyclic) bond motifs is 15. The van der Waals surface area contributed by atoms with Gasteiger partial charge < -0.3 is 9.13 Å². The van der Waals surface area contributed by atoms with Crippen LogP contribution in [0.25, 0.3) is 110 Å². The molecule has 0 atom stereocenters. The van der Waals surface area contributed by atoms with Gasteiger partial charge in [-0.25, -0.2) is 0 Å². The Morgan fingerprint density at radius 2 is 0.750 bits per heavy atom. The SMILES string of the molecule is N#Cc1cccc(-n2c3ccccc3c3c4ccccc4c4ccccc4c32)c1C#N.N#Cc1cccc(-n2c3ccccc3c3cc4c5c(cccc5c32)-c2ccccc2-4)c1C#N. The Morgan fingerprint density at radius 3 is 1.38 bits per heavy atom. The first-order chi connectivity index (χ1) is 31.6. The lowest BCUT2D eigenvalue weighted by Crippen LogP contribution is -2.00.